The quantitative estimate of drug-likeness (QED) is 0.282. The van der Waals surface area contributed by atoms with Gasteiger partial charge >= 0.3 is 0 Å². The maximum Gasteiger partial charge on any atom is 0.297 e. The van der Waals surface area contributed by atoms with Gasteiger partial charge in [0.05, 0.1) is 60.6 Å². The molecular weight excluding hydrogens is 520 g/mol. The van der Waals surface area contributed by atoms with E-state index < -0.39 is 32.4 Å². The molecule has 0 amide bonds. The molecule has 208 valence electrons. The number of hydrogen-bond donors (Lipinski definition) is 0. The minimum Gasteiger partial charge on any atom is -0.373 e. The predicted octanol–water partition coefficient (Wildman–Crippen LogP) is 4.02. The molecule has 0 aliphatic heterocycles. The van der Waals surface area contributed by atoms with Crippen LogP contribution < -0.4 is 0 Å². The van der Waals surface area contributed by atoms with Crippen LogP contribution in [0.5, 0.6) is 0 Å². The normalized spacial score (nSPS) is 15.7. The van der Waals surface area contributed by atoms with Crippen molar-refractivity contribution in [2.24, 2.45) is 0 Å². The lowest BCUT2D eigenvalue weighted by atomic mass is 10.2. The van der Waals surface area contributed by atoms with Crippen LogP contribution in [0.3, 0.4) is 0 Å². The summed E-state index contributed by atoms with van der Waals surface area (Å²) in [6.07, 6.45) is -1.73. The number of hydrogen-bond acceptors (Lipinski definition) is 9. The van der Waals surface area contributed by atoms with Crippen LogP contribution in [-0.2, 0) is 42.8 Å². The lowest BCUT2D eigenvalue weighted by Crippen LogP contribution is -2.29. The van der Waals surface area contributed by atoms with Gasteiger partial charge in [0.15, 0.2) is 0 Å². The number of aryl methyl sites for hydroxylation is 2. The first-order valence-electron chi connectivity index (χ1n) is 12.1. The average molecular weight is 559 g/mol. The molecule has 0 bridgehead atoms. The summed E-state index contributed by atoms with van der Waals surface area (Å²) >= 11 is 0. The Morgan fingerprint density at radius 1 is 0.541 bits per heavy atom. The van der Waals surface area contributed by atoms with Gasteiger partial charge in [0, 0.05) is 0 Å². The van der Waals surface area contributed by atoms with Gasteiger partial charge in [-0.15, -0.1) is 0 Å². The van der Waals surface area contributed by atoms with E-state index in [1.807, 2.05) is 20.8 Å². The second-order valence-electron chi connectivity index (χ2n) is 9.16. The molecule has 0 aliphatic rings. The first-order chi connectivity index (χ1) is 17.3. The fourth-order valence-corrected chi connectivity index (χ4v) is 5.05. The summed E-state index contributed by atoms with van der Waals surface area (Å²) in [7, 11) is -7.72. The monoisotopic (exact) mass is 558 g/mol. The van der Waals surface area contributed by atoms with Crippen molar-refractivity contribution in [3.8, 4) is 0 Å². The number of ether oxygens (including phenoxy) is 3. The molecule has 0 aromatic heterocycles. The Kier molecular flexibility index (Phi) is 12.2. The van der Waals surface area contributed by atoms with E-state index in [0.717, 1.165) is 11.1 Å². The Bertz CT molecular complexity index is 1160. The molecule has 0 saturated heterocycles. The molecule has 2 aromatic rings. The Balaban J connectivity index is 1.64. The molecule has 0 fully saturated rings. The zero-order valence-corrected chi connectivity index (χ0v) is 23.9. The van der Waals surface area contributed by atoms with Gasteiger partial charge in [0.1, 0.15) is 0 Å². The minimum atomic E-state index is -3.87. The Morgan fingerprint density at radius 3 is 1.32 bits per heavy atom. The lowest BCUT2D eigenvalue weighted by Gasteiger charge is -2.21. The second-order valence-corrected chi connectivity index (χ2v) is 12.3. The summed E-state index contributed by atoms with van der Waals surface area (Å²) < 4.78 is 76.6. The van der Waals surface area contributed by atoms with Crippen LogP contribution >= 0.6 is 0 Å². The third kappa shape index (κ3) is 11.2. The van der Waals surface area contributed by atoms with E-state index >= 15 is 0 Å². The summed E-state index contributed by atoms with van der Waals surface area (Å²) in [5, 5.41) is 0. The van der Waals surface area contributed by atoms with E-state index in [0.29, 0.717) is 0 Å². The van der Waals surface area contributed by atoms with Gasteiger partial charge in [-0.2, -0.15) is 16.8 Å². The van der Waals surface area contributed by atoms with Crippen LogP contribution in [0.2, 0.25) is 0 Å². The summed E-state index contributed by atoms with van der Waals surface area (Å²) in [5.74, 6) is 0. The maximum absolute atomic E-state index is 12.4. The van der Waals surface area contributed by atoms with Gasteiger partial charge in [0.2, 0.25) is 0 Å². The van der Waals surface area contributed by atoms with Gasteiger partial charge in [-0.3, -0.25) is 8.37 Å². The molecule has 0 N–H and O–H groups in total. The fourth-order valence-electron chi connectivity index (χ4n) is 3.01. The molecule has 11 heteroatoms. The smallest absolute Gasteiger partial charge is 0.297 e. The van der Waals surface area contributed by atoms with Crippen molar-refractivity contribution in [3.63, 3.8) is 0 Å². The van der Waals surface area contributed by atoms with Crippen molar-refractivity contribution >= 4 is 20.2 Å². The van der Waals surface area contributed by atoms with Crippen LogP contribution in [0.15, 0.2) is 58.3 Å². The Hall–Kier alpha value is -1.86. The zero-order chi connectivity index (χ0) is 27.6. The highest BCUT2D eigenvalue weighted by Crippen LogP contribution is 2.16. The number of rotatable bonds is 16. The summed E-state index contributed by atoms with van der Waals surface area (Å²) in [4.78, 5) is 0.200. The zero-order valence-electron chi connectivity index (χ0n) is 22.2. The molecule has 0 heterocycles. The summed E-state index contributed by atoms with van der Waals surface area (Å²) in [6.45, 7) is 11.2. The molecule has 4 atom stereocenters. The van der Waals surface area contributed by atoms with Crippen LogP contribution in [0.25, 0.3) is 0 Å². The van der Waals surface area contributed by atoms with E-state index in [4.69, 9.17) is 22.6 Å². The molecule has 9 nitrogen and oxygen atoms in total. The highest BCUT2D eigenvalue weighted by Gasteiger charge is 2.20. The van der Waals surface area contributed by atoms with Crippen LogP contribution in [0.1, 0.15) is 38.8 Å². The molecule has 2 aromatic carbocycles. The molecule has 37 heavy (non-hydrogen) atoms. The Morgan fingerprint density at radius 2 is 0.892 bits per heavy atom. The van der Waals surface area contributed by atoms with Crippen LogP contribution in [-0.4, -0.2) is 67.7 Å². The highest BCUT2D eigenvalue weighted by molar-refractivity contribution is 7.87. The van der Waals surface area contributed by atoms with Crippen molar-refractivity contribution in [1.82, 2.24) is 0 Å². The van der Waals surface area contributed by atoms with Gasteiger partial charge in [-0.25, -0.2) is 0 Å². The van der Waals surface area contributed by atoms with E-state index in [9.17, 15) is 16.8 Å². The number of benzene rings is 2. The van der Waals surface area contributed by atoms with Gasteiger partial charge in [-0.1, -0.05) is 35.4 Å². The van der Waals surface area contributed by atoms with Crippen molar-refractivity contribution in [2.45, 2.75) is 75.7 Å². The second kappa shape index (κ2) is 14.3. The third-order valence-corrected chi connectivity index (χ3v) is 7.94. The van der Waals surface area contributed by atoms with Crippen LogP contribution in [0.4, 0.5) is 0 Å². The summed E-state index contributed by atoms with van der Waals surface area (Å²) in [6, 6.07) is 12.9. The summed E-state index contributed by atoms with van der Waals surface area (Å²) in [5.41, 5.74) is 1.91. The fraction of sp³-hybridized carbons (Fsp3) is 0.538. The molecule has 0 aliphatic carbocycles. The Labute approximate surface area is 221 Å². The lowest BCUT2D eigenvalue weighted by molar-refractivity contribution is -0.0793. The van der Waals surface area contributed by atoms with Crippen molar-refractivity contribution in [3.05, 3.63) is 59.7 Å². The largest absolute Gasteiger partial charge is 0.373 e. The molecule has 0 saturated carbocycles. The van der Waals surface area contributed by atoms with Crippen LogP contribution in [0, 0.1) is 13.8 Å². The molecule has 4 unspecified atom stereocenters. The van der Waals surface area contributed by atoms with Gasteiger partial charge in [-0.05, 0) is 65.8 Å². The minimum absolute atomic E-state index is 0.0737. The van der Waals surface area contributed by atoms with E-state index in [-0.39, 0.29) is 48.4 Å². The first-order valence-corrected chi connectivity index (χ1v) is 14.9. The molecule has 2 rings (SSSR count). The van der Waals surface area contributed by atoms with Crippen molar-refractivity contribution in [1.29, 1.82) is 0 Å². The predicted molar refractivity (Wildman–Crippen MR) is 139 cm³/mol. The van der Waals surface area contributed by atoms with E-state index in [1.54, 1.807) is 45.0 Å². The van der Waals surface area contributed by atoms with E-state index in [2.05, 4.69) is 0 Å². The molecular formula is C26H38O9S2. The van der Waals surface area contributed by atoms with Gasteiger partial charge < -0.3 is 14.2 Å². The topological polar surface area (TPSA) is 114 Å². The third-order valence-electron chi connectivity index (χ3n) is 5.21. The maximum atomic E-state index is 12.4. The molecule has 0 radical (unpaired) electrons. The van der Waals surface area contributed by atoms with Crippen molar-refractivity contribution < 1.29 is 39.4 Å². The first kappa shape index (κ1) is 31.4. The average Bonchev–Trinajstić information content (AvgIpc) is 2.84. The standard InChI is InChI=1S/C26H38O9S2/c1-19-7-11-25(12-8-19)36(27,28)34-18-23(5)32-16-21(3)31-15-22(4)33-17-24(6)35-37(29,30)26-13-9-20(2)10-14-26/h7-14,21-24H,15-18H2,1-6H3. The molecule has 0 spiro atoms. The van der Waals surface area contributed by atoms with E-state index in [1.165, 1.54) is 24.3 Å². The SMILES string of the molecule is Cc1ccc(S(=O)(=O)OCC(C)OCC(C)OCC(C)OCC(C)OS(=O)(=O)c2ccc(C)cc2)cc1. The van der Waals surface area contributed by atoms with Crippen molar-refractivity contribution in [2.75, 3.05) is 26.4 Å². The highest BCUT2D eigenvalue weighted by atomic mass is 32.2. The van der Waals surface area contributed by atoms with Gasteiger partial charge in [0.25, 0.3) is 20.2 Å².